The van der Waals surface area contributed by atoms with E-state index in [4.69, 9.17) is 5.73 Å². The lowest BCUT2D eigenvalue weighted by molar-refractivity contribution is 0.267. The van der Waals surface area contributed by atoms with E-state index >= 15 is 0 Å². The van der Waals surface area contributed by atoms with Crippen molar-refractivity contribution in [3.63, 3.8) is 0 Å². The summed E-state index contributed by atoms with van der Waals surface area (Å²) in [6.45, 7) is 2.95. The number of nitrogens with two attached hydrogens (primary N) is 1. The maximum Gasteiger partial charge on any atom is 0.147 e. The molecule has 0 saturated heterocycles. The van der Waals surface area contributed by atoms with E-state index in [0.29, 0.717) is 12.3 Å². The van der Waals surface area contributed by atoms with Gasteiger partial charge < -0.3 is 5.73 Å². The third-order valence-electron chi connectivity index (χ3n) is 4.04. The fraction of sp³-hybridized carbons (Fsp3) is 1.00. The Morgan fingerprint density at radius 1 is 1.44 bits per heavy atom. The van der Waals surface area contributed by atoms with Crippen molar-refractivity contribution in [3.05, 3.63) is 0 Å². The molecular weight excluding hydrogens is 222 g/mol. The molecule has 0 bridgehead atoms. The molecule has 0 amide bonds. The van der Waals surface area contributed by atoms with Crippen LogP contribution in [-0.4, -0.2) is 27.0 Å². The van der Waals surface area contributed by atoms with E-state index in [1.165, 1.54) is 31.9 Å². The van der Waals surface area contributed by atoms with E-state index in [1.54, 1.807) is 0 Å². The number of sulfone groups is 1. The van der Waals surface area contributed by atoms with Crippen molar-refractivity contribution >= 4 is 9.84 Å². The van der Waals surface area contributed by atoms with Crippen LogP contribution in [0.3, 0.4) is 0 Å². The molecule has 1 aliphatic rings. The monoisotopic (exact) mass is 247 g/mol. The number of hydrogen-bond donors (Lipinski definition) is 1. The molecule has 0 spiro atoms. The summed E-state index contributed by atoms with van der Waals surface area (Å²) in [5, 5.41) is 0. The maximum atomic E-state index is 11.1. The zero-order valence-corrected chi connectivity index (χ0v) is 11.4. The minimum absolute atomic E-state index is 0.241. The third-order valence-corrected chi connectivity index (χ3v) is 5.07. The molecule has 3 nitrogen and oxygen atoms in total. The highest BCUT2D eigenvalue weighted by Gasteiger charge is 2.36. The topological polar surface area (TPSA) is 60.2 Å². The van der Waals surface area contributed by atoms with Crippen molar-refractivity contribution in [2.24, 2.45) is 17.1 Å². The van der Waals surface area contributed by atoms with Crippen LogP contribution in [0.2, 0.25) is 0 Å². The Morgan fingerprint density at radius 2 is 2.12 bits per heavy atom. The summed E-state index contributed by atoms with van der Waals surface area (Å²) in [7, 11) is -2.81. The van der Waals surface area contributed by atoms with Crippen molar-refractivity contribution in [2.45, 2.75) is 45.4 Å². The lowest BCUT2D eigenvalue weighted by Gasteiger charge is -2.27. The quantitative estimate of drug-likeness (QED) is 0.780. The van der Waals surface area contributed by atoms with Crippen LogP contribution in [0.5, 0.6) is 0 Å². The van der Waals surface area contributed by atoms with Gasteiger partial charge >= 0.3 is 0 Å². The van der Waals surface area contributed by atoms with Crippen LogP contribution >= 0.6 is 0 Å². The first-order valence-corrected chi connectivity index (χ1v) is 8.35. The lowest BCUT2D eigenvalue weighted by atomic mass is 9.81. The first-order valence-electron chi connectivity index (χ1n) is 6.28. The number of hydrogen-bond acceptors (Lipinski definition) is 3. The van der Waals surface area contributed by atoms with Crippen molar-refractivity contribution in [3.8, 4) is 0 Å². The molecule has 16 heavy (non-hydrogen) atoms. The molecule has 96 valence electrons. The van der Waals surface area contributed by atoms with E-state index in [-0.39, 0.29) is 5.41 Å². The third kappa shape index (κ3) is 4.06. The van der Waals surface area contributed by atoms with Crippen LogP contribution in [0.1, 0.15) is 45.4 Å². The van der Waals surface area contributed by atoms with Crippen molar-refractivity contribution in [1.82, 2.24) is 0 Å². The molecule has 1 aliphatic carbocycles. The van der Waals surface area contributed by atoms with Gasteiger partial charge in [-0.1, -0.05) is 13.3 Å². The second kappa shape index (κ2) is 5.50. The first-order chi connectivity index (χ1) is 7.41. The van der Waals surface area contributed by atoms with Crippen LogP contribution in [0.15, 0.2) is 0 Å². The van der Waals surface area contributed by atoms with Gasteiger partial charge in [0.2, 0.25) is 0 Å². The predicted octanol–water partition coefficient (Wildman–Crippen LogP) is 1.97. The van der Waals surface area contributed by atoms with Crippen molar-refractivity contribution < 1.29 is 8.42 Å². The maximum absolute atomic E-state index is 11.1. The molecule has 0 radical (unpaired) electrons. The molecule has 1 saturated carbocycles. The average molecular weight is 247 g/mol. The minimum Gasteiger partial charge on any atom is -0.330 e. The van der Waals surface area contributed by atoms with E-state index in [0.717, 1.165) is 18.8 Å². The Morgan fingerprint density at radius 3 is 2.56 bits per heavy atom. The normalized spacial score (nSPS) is 30.8. The Hall–Kier alpha value is -0.0900. The summed E-state index contributed by atoms with van der Waals surface area (Å²) in [5.41, 5.74) is 6.13. The molecule has 2 unspecified atom stereocenters. The lowest BCUT2D eigenvalue weighted by Crippen LogP contribution is -2.28. The molecule has 4 heteroatoms. The van der Waals surface area contributed by atoms with Gasteiger partial charge in [0.1, 0.15) is 9.84 Å². The molecule has 2 N–H and O–H groups in total. The van der Waals surface area contributed by atoms with Gasteiger partial charge in [-0.25, -0.2) is 8.42 Å². The van der Waals surface area contributed by atoms with Gasteiger partial charge in [-0.15, -0.1) is 0 Å². The molecule has 0 aliphatic heterocycles. The SMILES string of the molecule is CCC1CCC(CN)(CCCS(C)(=O)=O)C1. The average Bonchev–Trinajstić information content (AvgIpc) is 2.60. The summed E-state index contributed by atoms with van der Waals surface area (Å²) in [6, 6.07) is 0. The van der Waals surface area contributed by atoms with Gasteiger partial charge in [-0.3, -0.25) is 0 Å². The molecule has 2 atom stereocenters. The highest BCUT2D eigenvalue weighted by atomic mass is 32.2. The smallest absolute Gasteiger partial charge is 0.147 e. The Balaban J connectivity index is 2.43. The summed E-state index contributed by atoms with van der Waals surface area (Å²) in [5.74, 6) is 1.12. The van der Waals surface area contributed by atoms with Gasteiger partial charge in [-0.2, -0.15) is 0 Å². The largest absolute Gasteiger partial charge is 0.330 e. The predicted molar refractivity (Wildman–Crippen MR) is 68.1 cm³/mol. The summed E-state index contributed by atoms with van der Waals surface area (Å²) >= 11 is 0. The molecule has 1 fully saturated rings. The van der Waals surface area contributed by atoms with Crippen LogP contribution < -0.4 is 5.73 Å². The zero-order valence-electron chi connectivity index (χ0n) is 10.5. The van der Waals surface area contributed by atoms with Crippen LogP contribution in [0.25, 0.3) is 0 Å². The Labute approximate surface area is 99.7 Å². The van der Waals surface area contributed by atoms with Crippen molar-refractivity contribution in [2.75, 3.05) is 18.6 Å². The highest BCUT2D eigenvalue weighted by Crippen LogP contribution is 2.45. The Bertz CT molecular complexity index is 313. The van der Waals surface area contributed by atoms with Crippen LogP contribution in [-0.2, 0) is 9.84 Å². The molecule has 0 heterocycles. The highest BCUT2D eigenvalue weighted by molar-refractivity contribution is 7.90. The summed E-state index contributed by atoms with van der Waals surface area (Å²) in [4.78, 5) is 0. The fourth-order valence-electron chi connectivity index (χ4n) is 2.90. The molecule has 0 aromatic carbocycles. The summed E-state index contributed by atoms with van der Waals surface area (Å²) < 4.78 is 22.2. The van der Waals surface area contributed by atoms with Gasteiger partial charge in [0, 0.05) is 12.0 Å². The molecular formula is C12H25NO2S. The van der Waals surface area contributed by atoms with Gasteiger partial charge in [0.15, 0.2) is 0 Å². The number of rotatable bonds is 6. The zero-order chi connectivity index (χ0) is 12.2. The van der Waals surface area contributed by atoms with Gasteiger partial charge in [-0.05, 0) is 50.0 Å². The second-order valence-electron chi connectivity index (χ2n) is 5.45. The second-order valence-corrected chi connectivity index (χ2v) is 7.71. The molecule has 1 rings (SSSR count). The van der Waals surface area contributed by atoms with Gasteiger partial charge in [0.25, 0.3) is 0 Å². The molecule has 0 aromatic rings. The van der Waals surface area contributed by atoms with E-state index in [9.17, 15) is 8.42 Å². The summed E-state index contributed by atoms with van der Waals surface area (Å²) in [6.07, 6.45) is 7.95. The van der Waals surface area contributed by atoms with Crippen LogP contribution in [0, 0.1) is 11.3 Å². The van der Waals surface area contributed by atoms with E-state index < -0.39 is 9.84 Å². The van der Waals surface area contributed by atoms with E-state index in [2.05, 4.69) is 6.92 Å². The standard InChI is InChI=1S/C12H25NO2S/c1-3-11-5-7-12(9-11,10-13)6-4-8-16(2,14)15/h11H,3-10,13H2,1-2H3. The fourth-order valence-corrected chi connectivity index (χ4v) is 3.57. The molecule has 0 aromatic heterocycles. The first kappa shape index (κ1) is 14.0. The Kier molecular flexibility index (Phi) is 4.80. The van der Waals surface area contributed by atoms with Gasteiger partial charge in [0.05, 0.1) is 0 Å². The van der Waals surface area contributed by atoms with Crippen LogP contribution in [0.4, 0.5) is 0 Å². The minimum atomic E-state index is -2.81. The van der Waals surface area contributed by atoms with Crippen molar-refractivity contribution in [1.29, 1.82) is 0 Å². The van der Waals surface area contributed by atoms with E-state index in [1.807, 2.05) is 0 Å².